The van der Waals surface area contributed by atoms with Gasteiger partial charge in [0, 0.05) is 11.1 Å². The van der Waals surface area contributed by atoms with E-state index in [1.54, 1.807) is 0 Å². The van der Waals surface area contributed by atoms with Crippen LogP contribution >= 0.6 is 11.6 Å². The maximum absolute atomic E-state index is 6.11. The lowest BCUT2D eigenvalue weighted by molar-refractivity contribution is 0.303. The lowest BCUT2D eigenvalue weighted by atomic mass is 10.1. The van der Waals surface area contributed by atoms with E-state index < -0.39 is 0 Å². The van der Waals surface area contributed by atoms with Gasteiger partial charge >= 0.3 is 0 Å². The number of hydrogen-bond donors (Lipinski definition) is 0. The SMILES string of the molecule is CCc1c(Cl)ncnc1-c1ccc(OC2CC2)cc1. The fourth-order valence-electron chi connectivity index (χ4n) is 2.02. The molecule has 19 heavy (non-hydrogen) atoms. The monoisotopic (exact) mass is 274 g/mol. The van der Waals surface area contributed by atoms with Crippen molar-refractivity contribution in [1.29, 1.82) is 0 Å². The molecule has 0 spiro atoms. The first-order valence-corrected chi connectivity index (χ1v) is 6.92. The summed E-state index contributed by atoms with van der Waals surface area (Å²) >= 11 is 6.11. The average Bonchev–Trinajstić information content (AvgIpc) is 3.23. The molecular formula is C15H15ClN2O. The molecule has 0 N–H and O–H groups in total. The van der Waals surface area contributed by atoms with E-state index in [-0.39, 0.29) is 0 Å². The Bertz CT molecular complexity index is 579. The molecule has 0 bridgehead atoms. The van der Waals surface area contributed by atoms with E-state index in [1.807, 2.05) is 24.3 Å². The molecule has 0 saturated heterocycles. The lowest BCUT2D eigenvalue weighted by Crippen LogP contribution is -1.97. The summed E-state index contributed by atoms with van der Waals surface area (Å²) < 4.78 is 5.74. The zero-order chi connectivity index (χ0) is 13.2. The predicted molar refractivity (Wildman–Crippen MR) is 75.5 cm³/mol. The fraction of sp³-hybridized carbons (Fsp3) is 0.333. The van der Waals surface area contributed by atoms with Gasteiger partial charge < -0.3 is 4.74 Å². The van der Waals surface area contributed by atoms with Crippen LogP contribution in [0.5, 0.6) is 5.75 Å². The van der Waals surface area contributed by atoms with Gasteiger partial charge in [0.25, 0.3) is 0 Å². The first-order valence-electron chi connectivity index (χ1n) is 6.54. The Morgan fingerprint density at radius 2 is 1.95 bits per heavy atom. The minimum atomic E-state index is 0.422. The Kier molecular flexibility index (Phi) is 3.38. The van der Waals surface area contributed by atoms with E-state index in [0.717, 1.165) is 29.0 Å². The number of halogens is 1. The number of rotatable bonds is 4. The van der Waals surface area contributed by atoms with Gasteiger partial charge in [-0.3, -0.25) is 0 Å². The van der Waals surface area contributed by atoms with Crippen molar-refractivity contribution in [3.8, 4) is 17.0 Å². The summed E-state index contributed by atoms with van der Waals surface area (Å²) in [4.78, 5) is 8.38. The molecule has 1 aliphatic rings. The van der Waals surface area contributed by atoms with Gasteiger partial charge in [0.05, 0.1) is 11.8 Å². The predicted octanol–water partition coefficient (Wildman–Crippen LogP) is 3.90. The molecule has 0 radical (unpaired) electrons. The number of benzene rings is 1. The third-order valence-corrected chi connectivity index (χ3v) is 3.53. The molecule has 98 valence electrons. The molecule has 1 saturated carbocycles. The number of hydrogen-bond acceptors (Lipinski definition) is 3. The third-order valence-electron chi connectivity index (χ3n) is 3.20. The average molecular weight is 275 g/mol. The zero-order valence-electron chi connectivity index (χ0n) is 10.8. The van der Waals surface area contributed by atoms with Crippen LogP contribution in [0.25, 0.3) is 11.3 Å². The normalized spacial score (nSPS) is 14.4. The fourth-order valence-corrected chi connectivity index (χ4v) is 2.29. The molecule has 1 aromatic carbocycles. The van der Waals surface area contributed by atoms with E-state index in [2.05, 4.69) is 16.9 Å². The van der Waals surface area contributed by atoms with Gasteiger partial charge in [0.15, 0.2) is 0 Å². The summed E-state index contributed by atoms with van der Waals surface area (Å²) in [5.41, 5.74) is 2.93. The molecule has 3 rings (SSSR count). The van der Waals surface area contributed by atoms with Crippen LogP contribution in [0.15, 0.2) is 30.6 Å². The van der Waals surface area contributed by atoms with Crippen molar-refractivity contribution < 1.29 is 4.74 Å². The van der Waals surface area contributed by atoms with Crippen LogP contribution in [0.4, 0.5) is 0 Å². The molecule has 1 aliphatic carbocycles. The van der Waals surface area contributed by atoms with Crippen LogP contribution in [0.2, 0.25) is 5.15 Å². The lowest BCUT2D eigenvalue weighted by Gasteiger charge is -2.09. The van der Waals surface area contributed by atoms with Crippen LogP contribution in [0, 0.1) is 0 Å². The van der Waals surface area contributed by atoms with Crippen molar-refractivity contribution in [3.05, 3.63) is 41.3 Å². The molecule has 0 atom stereocenters. The van der Waals surface area contributed by atoms with Gasteiger partial charge in [-0.15, -0.1) is 0 Å². The summed E-state index contributed by atoms with van der Waals surface area (Å²) in [5, 5.41) is 0.533. The van der Waals surface area contributed by atoms with E-state index >= 15 is 0 Å². The van der Waals surface area contributed by atoms with Gasteiger partial charge in [-0.1, -0.05) is 18.5 Å². The van der Waals surface area contributed by atoms with Crippen molar-refractivity contribution in [3.63, 3.8) is 0 Å². The Morgan fingerprint density at radius 1 is 1.21 bits per heavy atom. The van der Waals surface area contributed by atoms with Crippen LogP contribution in [-0.4, -0.2) is 16.1 Å². The molecule has 3 nitrogen and oxygen atoms in total. The molecule has 0 aliphatic heterocycles. The van der Waals surface area contributed by atoms with Crippen molar-refractivity contribution in [2.75, 3.05) is 0 Å². The smallest absolute Gasteiger partial charge is 0.136 e. The molecule has 0 unspecified atom stereocenters. The molecule has 1 fully saturated rings. The maximum Gasteiger partial charge on any atom is 0.136 e. The van der Waals surface area contributed by atoms with Gasteiger partial charge in [0.1, 0.15) is 17.2 Å². The highest BCUT2D eigenvalue weighted by Gasteiger charge is 2.23. The first kappa shape index (κ1) is 12.4. The van der Waals surface area contributed by atoms with E-state index in [9.17, 15) is 0 Å². The summed E-state index contributed by atoms with van der Waals surface area (Å²) in [6.45, 7) is 2.05. The van der Waals surface area contributed by atoms with Gasteiger partial charge in [-0.05, 0) is 43.5 Å². The molecule has 1 heterocycles. The maximum atomic E-state index is 6.11. The van der Waals surface area contributed by atoms with Gasteiger partial charge in [-0.2, -0.15) is 0 Å². The van der Waals surface area contributed by atoms with Crippen molar-refractivity contribution in [2.45, 2.75) is 32.3 Å². The molecule has 0 amide bonds. The van der Waals surface area contributed by atoms with E-state index in [0.29, 0.717) is 11.3 Å². The Morgan fingerprint density at radius 3 is 2.58 bits per heavy atom. The molecule has 1 aromatic heterocycles. The molecule has 4 heteroatoms. The van der Waals surface area contributed by atoms with Gasteiger partial charge in [-0.25, -0.2) is 9.97 Å². The zero-order valence-corrected chi connectivity index (χ0v) is 11.5. The van der Waals surface area contributed by atoms with Crippen LogP contribution in [0.3, 0.4) is 0 Å². The highest BCUT2D eigenvalue weighted by Crippen LogP contribution is 2.30. The minimum absolute atomic E-state index is 0.422. The minimum Gasteiger partial charge on any atom is -0.490 e. The topological polar surface area (TPSA) is 35.0 Å². The summed E-state index contributed by atoms with van der Waals surface area (Å²) in [7, 11) is 0. The summed E-state index contributed by atoms with van der Waals surface area (Å²) in [6.07, 6.45) is 5.08. The highest BCUT2D eigenvalue weighted by atomic mass is 35.5. The van der Waals surface area contributed by atoms with Crippen LogP contribution < -0.4 is 4.74 Å². The van der Waals surface area contributed by atoms with Crippen molar-refractivity contribution >= 4 is 11.6 Å². The second kappa shape index (κ2) is 5.17. The van der Waals surface area contributed by atoms with Crippen molar-refractivity contribution in [2.24, 2.45) is 0 Å². The quantitative estimate of drug-likeness (QED) is 0.793. The first-order chi connectivity index (χ1) is 9.28. The van der Waals surface area contributed by atoms with Crippen molar-refractivity contribution in [1.82, 2.24) is 9.97 Å². The van der Waals surface area contributed by atoms with E-state index in [1.165, 1.54) is 19.2 Å². The van der Waals surface area contributed by atoms with E-state index in [4.69, 9.17) is 16.3 Å². The number of ether oxygens (including phenoxy) is 1. The second-order valence-electron chi connectivity index (χ2n) is 4.69. The third kappa shape index (κ3) is 2.71. The molecule has 2 aromatic rings. The highest BCUT2D eigenvalue weighted by molar-refractivity contribution is 6.30. The Balaban J connectivity index is 1.90. The number of aromatic nitrogens is 2. The largest absolute Gasteiger partial charge is 0.490 e. The number of nitrogens with zero attached hydrogens (tertiary/aromatic N) is 2. The Hall–Kier alpha value is -1.61. The standard InChI is InChI=1S/C15H15ClN2O/c1-2-13-14(17-9-18-15(13)16)10-3-5-11(6-4-10)19-12-7-8-12/h3-6,9,12H,2,7-8H2,1H3. The van der Waals surface area contributed by atoms with Crippen LogP contribution in [0.1, 0.15) is 25.3 Å². The Labute approximate surface area is 117 Å². The van der Waals surface area contributed by atoms with Gasteiger partial charge in [0.2, 0.25) is 0 Å². The molecular weight excluding hydrogens is 260 g/mol. The second-order valence-corrected chi connectivity index (χ2v) is 5.04. The summed E-state index contributed by atoms with van der Waals surface area (Å²) in [6, 6.07) is 8.03. The van der Waals surface area contributed by atoms with Crippen LogP contribution in [-0.2, 0) is 6.42 Å². The summed E-state index contributed by atoms with van der Waals surface area (Å²) in [5.74, 6) is 0.921.